The molecule has 0 spiro atoms. The summed E-state index contributed by atoms with van der Waals surface area (Å²) in [5, 5.41) is 13.0. The van der Waals surface area contributed by atoms with E-state index in [-0.39, 0.29) is 12.4 Å². The number of rotatable bonds is 8. The first kappa shape index (κ1) is 23.8. The first-order valence-electron chi connectivity index (χ1n) is 11.0. The molecule has 4 rings (SSSR count). The van der Waals surface area contributed by atoms with Gasteiger partial charge in [0.05, 0.1) is 22.7 Å². The van der Waals surface area contributed by atoms with E-state index in [9.17, 15) is 9.90 Å². The lowest BCUT2D eigenvalue weighted by molar-refractivity contribution is 0.0527. The summed E-state index contributed by atoms with van der Waals surface area (Å²) in [6.07, 6.45) is 5.19. The minimum absolute atomic E-state index is 0.147. The van der Waals surface area contributed by atoms with E-state index in [1.165, 1.54) is 0 Å². The van der Waals surface area contributed by atoms with Gasteiger partial charge >= 0.3 is 5.97 Å². The van der Waals surface area contributed by atoms with Crippen molar-refractivity contribution in [2.45, 2.75) is 24.2 Å². The number of fused-ring (bicyclic) bond motifs is 1. The average Bonchev–Trinajstić information content (AvgIpc) is 3.12. The van der Waals surface area contributed by atoms with Crippen molar-refractivity contribution in [2.24, 2.45) is 7.05 Å². The van der Waals surface area contributed by atoms with Gasteiger partial charge in [-0.3, -0.25) is 4.98 Å². The highest BCUT2D eigenvalue weighted by atomic mass is 32.2. The van der Waals surface area contributed by atoms with Crippen LogP contribution in [0.2, 0.25) is 0 Å². The van der Waals surface area contributed by atoms with Gasteiger partial charge in [-0.25, -0.2) is 9.78 Å². The zero-order valence-corrected chi connectivity index (χ0v) is 20.6. The fourth-order valence-electron chi connectivity index (χ4n) is 4.09. The monoisotopic (exact) mass is 476 g/mol. The van der Waals surface area contributed by atoms with Crippen LogP contribution >= 0.6 is 11.8 Å². The maximum atomic E-state index is 13.2. The molecule has 0 amide bonds. The van der Waals surface area contributed by atoms with Crippen molar-refractivity contribution >= 4 is 28.6 Å². The van der Waals surface area contributed by atoms with E-state index >= 15 is 0 Å². The first-order valence-corrected chi connectivity index (χ1v) is 12.0. The topological polar surface area (TPSA) is 80.5 Å². The number of nitrogens with zero attached hydrogens (tertiary/aromatic N) is 4. The summed E-state index contributed by atoms with van der Waals surface area (Å²) in [4.78, 5) is 23.8. The van der Waals surface area contributed by atoms with Gasteiger partial charge in [-0.1, -0.05) is 12.1 Å². The van der Waals surface area contributed by atoms with Crippen molar-refractivity contribution in [3.8, 4) is 16.9 Å². The van der Waals surface area contributed by atoms with E-state index in [1.54, 1.807) is 37.3 Å². The molecule has 0 aliphatic rings. The Labute approximate surface area is 203 Å². The lowest BCUT2D eigenvalue weighted by Crippen LogP contribution is -2.13. The number of benzene rings is 1. The minimum atomic E-state index is -0.391. The van der Waals surface area contributed by atoms with Gasteiger partial charge in [0.1, 0.15) is 5.75 Å². The van der Waals surface area contributed by atoms with Gasteiger partial charge in [-0.15, -0.1) is 11.8 Å². The second kappa shape index (κ2) is 10.3. The zero-order chi connectivity index (χ0) is 24.2. The van der Waals surface area contributed by atoms with Crippen molar-refractivity contribution in [2.75, 3.05) is 20.7 Å². The number of phenols is 1. The normalized spacial score (nSPS) is 11.3. The molecule has 7 nitrogen and oxygen atoms in total. The van der Waals surface area contributed by atoms with Crippen molar-refractivity contribution in [1.29, 1.82) is 0 Å². The molecule has 1 aromatic carbocycles. The number of hydrogen-bond acceptors (Lipinski definition) is 7. The maximum absolute atomic E-state index is 13.2. The molecule has 0 radical (unpaired) electrons. The van der Waals surface area contributed by atoms with Gasteiger partial charge in [0, 0.05) is 65.7 Å². The molecule has 176 valence electrons. The smallest absolute Gasteiger partial charge is 0.340 e. The van der Waals surface area contributed by atoms with Crippen LogP contribution in [0, 0.1) is 0 Å². The van der Waals surface area contributed by atoms with Gasteiger partial charge in [0.25, 0.3) is 0 Å². The predicted octanol–water partition coefficient (Wildman–Crippen LogP) is 4.87. The van der Waals surface area contributed by atoms with Crippen LogP contribution in [0.5, 0.6) is 5.75 Å². The third-order valence-electron chi connectivity index (χ3n) is 5.61. The average molecular weight is 477 g/mol. The van der Waals surface area contributed by atoms with Crippen LogP contribution in [0.4, 0.5) is 0 Å². The van der Waals surface area contributed by atoms with E-state index in [1.807, 2.05) is 67.0 Å². The van der Waals surface area contributed by atoms with Crippen LogP contribution in [-0.2, 0) is 24.1 Å². The molecular weight excluding hydrogens is 448 g/mol. The Bertz CT molecular complexity index is 1300. The van der Waals surface area contributed by atoms with Crippen LogP contribution < -0.4 is 0 Å². The summed E-state index contributed by atoms with van der Waals surface area (Å²) in [6.45, 7) is 2.52. The molecule has 0 saturated carbocycles. The highest BCUT2D eigenvalue weighted by molar-refractivity contribution is 7.98. The number of ether oxygens (including phenoxy) is 1. The Morgan fingerprint density at radius 1 is 1.21 bits per heavy atom. The SMILES string of the molecule is CCOC(=O)c1c(CSc2ccccn2)n(C)c2cc(-c3cccnc3)c(O)c(CN(C)C)c12. The molecule has 1 N–H and O–H groups in total. The van der Waals surface area contributed by atoms with E-state index in [0.717, 1.165) is 27.2 Å². The lowest BCUT2D eigenvalue weighted by atomic mass is 9.96. The molecule has 3 heterocycles. The highest BCUT2D eigenvalue weighted by Crippen LogP contribution is 2.42. The van der Waals surface area contributed by atoms with Crippen molar-refractivity contribution in [1.82, 2.24) is 19.4 Å². The molecule has 0 aliphatic carbocycles. The molecule has 0 saturated heterocycles. The van der Waals surface area contributed by atoms with Crippen LogP contribution in [0.15, 0.2) is 60.0 Å². The lowest BCUT2D eigenvalue weighted by Gasteiger charge is -2.17. The molecule has 34 heavy (non-hydrogen) atoms. The standard InChI is InChI=1S/C26H28N4O3S/c1-5-33-26(32)24-21(16-34-22-10-6-7-12-28-22)30(4)20-13-18(17-9-8-11-27-14-17)25(31)19(23(20)24)15-29(2)3/h6-14,31H,5,15-16H2,1-4H3. The van der Waals surface area contributed by atoms with Crippen LogP contribution in [0.1, 0.15) is 28.5 Å². The molecule has 0 bridgehead atoms. The number of hydrogen-bond donors (Lipinski definition) is 1. The number of aromatic nitrogens is 3. The maximum Gasteiger partial charge on any atom is 0.340 e. The number of esters is 1. The Hall–Kier alpha value is -3.36. The summed E-state index contributed by atoms with van der Waals surface area (Å²) >= 11 is 1.55. The second-order valence-corrected chi connectivity index (χ2v) is 9.18. The number of carbonyl (C=O) groups is 1. The Morgan fingerprint density at radius 3 is 2.68 bits per heavy atom. The Balaban J connectivity index is 1.98. The van der Waals surface area contributed by atoms with Crippen molar-refractivity contribution < 1.29 is 14.6 Å². The van der Waals surface area contributed by atoms with Crippen molar-refractivity contribution in [3.05, 3.63) is 71.8 Å². The highest BCUT2D eigenvalue weighted by Gasteiger charge is 2.28. The summed E-state index contributed by atoms with van der Waals surface area (Å²) in [6, 6.07) is 11.5. The number of phenolic OH excluding ortho intramolecular Hbond substituents is 1. The summed E-state index contributed by atoms with van der Waals surface area (Å²) < 4.78 is 7.50. The second-order valence-electron chi connectivity index (χ2n) is 8.18. The molecule has 0 unspecified atom stereocenters. The third kappa shape index (κ3) is 4.64. The van der Waals surface area contributed by atoms with Crippen LogP contribution in [0.3, 0.4) is 0 Å². The third-order valence-corrected chi connectivity index (χ3v) is 6.56. The first-order chi connectivity index (χ1) is 16.4. The van der Waals surface area contributed by atoms with E-state index in [0.29, 0.717) is 29.0 Å². The predicted molar refractivity (Wildman–Crippen MR) is 135 cm³/mol. The number of aryl methyl sites for hydroxylation is 1. The number of aromatic hydroxyl groups is 1. The van der Waals surface area contributed by atoms with E-state index in [2.05, 4.69) is 9.97 Å². The fraction of sp³-hybridized carbons (Fsp3) is 0.269. The van der Waals surface area contributed by atoms with Gasteiger partial charge < -0.3 is 19.3 Å². The number of pyridine rings is 2. The van der Waals surface area contributed by atoms with Gasteiger partial charge in [0.15, 0.2) is 0 Å². The van der Waals surface area contributed by atoms with E-state index < -0.39 is 5.97 Å². The quantitative estimate of drug-likeness (QED) is 0.287. The van der Waals surface area contributed by atoms with Crippen molar-refractivity contribution in [3.63, 3.8) is 0 Å². The molecular formula is C26H28N4O3S. The summed E-state index contributed by atoms with van der Waals surface area (Å²) in [5.74, 6) is 0.285. The number of thioether (sulfide) groups is 1. The Kier molecular flexibility index (Phi) is 7.19. The van der Waals surface area contributed by atoms with Gasteiger partial charge in [-0.05, 0) is 45.3 Å². The summed E-state index contributed by atoms with van der Waals surface area (Å²) in [7, 11) is 5.82. The zero-order valence-electron chi connectivity index (χ0n) is 19.8. The minimum Gasteiger partial charge on any atom is -0.507 e. The van der Waals surface area contributed by atoms with Gasteiger partial charge in [0.2, 0.25) is 0 Å². The number of carbonyl (C=O) groups excluding carboxylic acids is 1. The molecule has 0 fully saturated rings. The summed E-state index contributed by atoms with van der Waals surface area (Å²) in [5.41, 5.74) is 4.35. The van der Waals surface area contributed by atoms with Gasteiger partial charge in [-0.2, -0.15) is 0 Å². The molecule has 4 aromatic rings. The molecule has 0 aliphatic heterocycles. The fourth-order valence-corrected chi connectivity index (χ4v) is 5.03. The van der Waals surface area contributed by atoms with Crippen LogP contribution in [-0.4, -0.2) is 51.2 Å². The molecule has 8 heteroatoms. The Morgan fingerprint density at radius 2 is 2.03 bits per heavy atom. The molecule has 3 aromatic heterocycles. The van der Waals surface area contributed by atoms with Crippen LogP contribution in [0.25, 0.3) is 22.0 Å². The largest absolute Gasteiger partial charge is 0.507 e. The van der Waals surface area contributed by atoms with E-state index in [4.69, 9.17) is 4.74 Å². The molecule has 0 atom stereocenters.